The fraction of sp³-hybridized carbons (Fsp3) is 0.571. The van der Waals surface area contributed by atoms with Crippen molar-refractivity contribution in [3.8, 4) is 0 Å². The van der Waals surface area contributed by atoms with Gasteiger partial charge in [-0.3, -0.25) is 9.79 Å². The fourth-order valence-corrected chi connectivity index (χ4v) is 0.643. The second kappa shape index (κ2) is 13.0. The normalized spacial score (nSPS) is 9.94. The molecule has 0 heterocycles. The number of rotatable bonds is 5. The molecule has 1 atom stereocenters. The van der Waals surface area contributed by atoms with E-state index < -0.39 is 18.2 Å². The van der Waals surface area contributed by atoms with Gasteiger partial charge in [-0.2, -0.15) is 0 Å². The maximum absolute atomic E-state index is 10.2. The number of carbonyl (C=O) groups is 2. The van der Waals surface area contributed by atoms with E-state index in [0.29, 0.717) is 19.4 Å². The molecule has 10 heteroatoms. The average Bonchev–Trinajstić information content (AvgIpc) is 2.10. The molecule has 0 fully saturated rings. The largest absolute Gasteiger partial charge is 1.00 e. The number of nitrogens with zero attached hydrogens (tertiary/aromatic N) is 1. The Balaban J connectivity index is -0.000000340. The smallest absolute Gasteiger partial charge is 0.565 e. The van der Waals surface area contributed by atoms with Gasteiger partial charge in [0.05, 0.1) is 0 Å². The van der Waals surface area contributed by atoms with Gasteiger partial charge in [0.1, 0.15) is 6.04 Å². The summed E-state index contributed by atoms with van der Waals surface area (Å²) in [6.07, 6.45) is -1.13. The summed E-state index contributed by atoms with van der Waals surface area (Å²) in [5.74, 6) is -0.987. The van der Waals surface area contributed by atoms with Crippen LogP contribution in [-0.2, 0) is 4.79 Å². The third-order valence-electron chi connectivity index (χ3n) is 1.28. The summed E-state index contributed by atoms with van der Waals surface area (Å²) in [7, 11) is 0. The first-order chi connectivity index (χ1) is 7.27. The minimum Gasteiger partial charge on any atom is -0.565 e. The van der Waals surface area contributed by atoms with E-state index >= 15 is 0 Å². The maximum Gasteiger partial charge on any atom is 1.00 e. The molecular formula is C7H15N4NaO5. The van der Waals surface area contributed by atoms with Gasteiger partial charge in [-0.1, -0.05) is 0 Å². The molecule has 0 saturated carbocycles. The molecule has 0 rings (SSSR count). The number of hydrogen-bond donors (Lipinski definition) is 5. The average molecular weight is 258 g/mol. The number of aliphatic carboxylic acids is 1. The van der Waals surface area contributed by atoms with E-state index in [2.05, 4.69) is 4.99 Å². The molecule has 0 saturated heterocycles. The van der Waals surface area contributed by atoms with E-state index in [4.69, 9.17) is 37.3 Å². The molecule has 0 aromatic rings. The molecule has 0 aromatic heterocycles. The van der Waals surface area contributed by atoms with Crippen molar-refractivity contribution in [3.63, 3.8) is 0 Å². The van der Waals surface area contributed by atoms with Crippen LogP contribution in [0.5, 0.6) is 0 Å². The van der Waals surface area contributed by atoms with Crippen molar-refractivity contribution < 1.29 is 54.5 Å². The third kappa shape index (κ3) is 25.3. The van der Waals surface area contributed by atoms with Crippen LogP contribution in [0.2, 0.25) is 0 Å². The molecule has 0 spiro atoms. The molecule has 9 nitrogen and oxygen atoms in total. The zero-order valence-corrected chi connectivity index (χ0v) is 11.5. The number of carboxylic acids is 1. The molecule has 0 aliphatic heterocycles. The van der Waals surface area contributed by atoms with Crippen LogP contribution < -0.4 is 51.9 Å². The van der Waals surface area contributed by atoms with Crippen LogP contribution in [0.25, 0.3) is 0 Å². The van der Waals surface area contributed by atoms with Crippen molar-refractivity contribution in [2.24, 2.45) is 22.2 Å². The van der Waals surface area contributed by atoms with E-state index in [1.807, 2.05) is 0 Å². The van der Waals surface area contributed by atoms with Crippen LogP contribution in [0.4, 0.5) is 4.79 Å². The molecule has 0 radical (unpaired) electrons. The topological polar surface area (TPSA) is 188 Å². The summed E-state index contributed by atoms with van der Waals surface area (Å²) in [5.41, 5.74) is 15.3. The quantitative estimate of drug-likeness (QED) is 0.139. The van der Waals surface area contributed by atoms with Crippen molar-refractivity contribution in [3.05, 3.63) is 0 Å². The van der Waals surface area contributed by atoms with Gasteiger partial charge in [-0.15, -0.1) is 0 Å². The second-order valence-electron chi connectivity index (χ2n) is 2.66. The number of aliphatic imine (C=N–C) groups is 1. The second-order valence-corrected chi connectivity index (χ2v) is 2.66. The summed E-state index contributed by atoms with van der Waals surface area (Å²) in [4.78, 5) is 22.3. The number of guanidine groups is 1. The zero-order chi connectivity index (χ0) is 13.1. The molecule has 17 heavy (non-hydrogen) atoms. The predicted molar refractivity (Wildman–Crippen MR) is 53.5 cm³/mol. The first-order valence-electron chi connectivity index (χ1n) is 4.21. The standard InChI is InChI=1S/C6H14N4O2.CH2O3.Na/c7-4(5(11)12)2-1-3-10-6(8)9;2-1(3)4;/h4H,1-3,7H2,(H,11,12)(H4,8,9,10);(H2,2,3,4);/q;;+1/p-1/t4-;;/m0../s1. The Bertz CT molecular complexity index is 253. The molecule has 0 unspecified atom stereocenters. The van der Waals surface area contributed by atoms with Crippen molar-refractivity contribution in [2.45, 2.75) is 18.9 Å². The first kappa shape index (κ1) is 21.3. The summed E-state index contributed by atoms with van der Waals surface area (Å²) >= 11 is 0. The van der Waals surface area contributed by atoms with Crippen LogP contribution in [0.3, 0.4) is 0 Å². The molecule has 0 aromatic carbocycles. The van der Waals surface area contributed by atoms with Crippen molar-refractivity contribution in [1.29, 1.82) is 0 Å². The minimum absolute atomic E-state index is 0. The maximum atomic E-state index is 10.2. The van der Waals surface area contributed by atoms with E-state index in [-0.39, 0.29) is 35.5 Å². The Labute approximate surface area is 120 Å². The molecule has 8 N–H and O–H groups in total. The van der Waals surface area contributed by atoms with E-state index in [1.165, 1.54) is 0 Å². The Hall–Kier alpha value is -1.03. The van der Waals surface area contributed by atoms with Crippen LogP contribution in [0.15, 0.2) is 4.99 Å². The predicted octanol–water partition coefficient (Wildman–Crippen LogP) is -5.66. The SMILES string of the molecule is NC(N)=NCCC[C@H](N)C(=O)O.O=C([O-])O.[Na+]. The van der Waals surface area contributed by atoms with Crippen molar-refractivity contribution in [2.75, 3.05) is 6.54 Å². The van der Waals surface area contributed by atoms with E-state index in [9.17, 15) is 4.79 Å². The van der Waals surface area contributed by atoms with Gasteiger partial charge in [-0.05, 0) is 12.8 Å². The Kier molecular flexibility index (Phi) is 16.3. The molecule has 0 amide bonds. The van der Waals surface area contributed by atoms with Gasteiger partial charge >= 0.3 is 35.5 Å². The van der Waals surface area contributed by atoms with Gasteiger partial charge in [0, 0.05) is 6.54 Å². The van der Waals surface area contributed by atoms with Gasteiger partial charge < -0.3 is 37.3 Å². The van der Waals surface area contributed by atoms with E-state index in [1.54, 1.807) is 0 Å². The third-order valence-corrected chi connectivity index (χ3v) is 1.28. The Morgan fingerprint density at radius 1 is 1.29 bits per heavy atom. The zero-order valence-electron chi connectivity index (χ0n) is 9.50. The number of hydrogen-bond acceptors (Lipinski definition) is 5. The molecule has 0 bridgehead atoms. The van der Waals surface area contributed by atoms with Crippen molar-refractivity contribution in [1.82, 2.24) is 0 Å². The fourth-order valence-electron chi connectivity index (χ4n) is 0.643. The van der Waals surface area contributed by atoms with Crippen LogP contribution in [0, 0.1) is 0 Å². The van der Waals surface area contributed by atoms with Gasteiger partial charge in [0.15, 0.2) is 5.96 Å². The summed E-state index contributed by atoms with van der Waals surface area (Å²) in [6, 6.07) is -0.820. The Morgan fingerprint density at radius 3 is 2.00 bits per heavy atom. The molecule has 0 aliphatic rings. The van der Waals surface area contributed by atoms with Gasteiger partial charge in [-0.25, -0.2) is 0 Å². The number of carboxylic acid groups (broad SMARTS) is 3. The summed E-state index contributed by atoms with van der Waals surface area (Å²) in [5, 5.41) is 23.7. The van der Waals surface area contributed by atoms with Crippen LogP contribution >= 0.6 is 0 Å². The van der Waals surface area contributed by atoms with Gasteiger partial charge in [0.25, 0.3) is 0 Å². The summed E-state index contributed by atoms with van der Waals surface area (Å²) in [6.45, 7) is 0.420. The first-order valence-corrected chi connectivity index (χ1v) is 4.21. The van der Waals surface area contributed by atoms with Gasteiger partial charge in [0.2, 0.25) is 6.16 Å². The monoisotopic (exact) mass is 258 g/mol. The number of nitrogens with two attached hydrogens (primary N) is 3. The Morgan fingerprint density at radius 2 is 1.71 bits per heavy atom. The molecule has 0 aliphatic carbocycles. The molecule has 94 valence electrons. The summed E-state index contributed by atoms with van der Waals surface area (Å²) < 4.78 is 0. The molecular weight excluding hydrogens is 243 g/mol. The van der Waals surface area contributed by atoms with E-state index in [0.717, 1.165) is 0 Å². The van der Waals surface area contributed by atoms with Crippen LogP contribution in [-0.4, -0.2) is 40.9 Å². The minimum atomic E-state index is -2.08. The van der Waals surface area contributed by atoms with Crippen LogP contribution in [0.1, 0.15) is 12.8 Å². The van der Waals surface area contributed by atoms with Crippen molar-refractivity contribution >= 4 is 18.1 Å².